The Kier molecular flexibility index (Phi) is 4.13. The molecule has 0 fully saturated rings. The number of hydroxylamine groups is 2. The van der Waals surface area contributed by atoms with Gasteiger partial charge in [-0.2, -0.15) is 0 Å². The van der Waals surface area contributed by atoms with Crippen molar-refractivity contribution in [3.05, 3.63) is 34.9 Å². The first-order valence-electron chi connectivity index (χ1n) is 7.79. The molecule has 1 aliphatic rings. The molecule has 1 N–H and O–H groups in total. The molecule has 0 unspecified atom stereocenters. The van der Waals surface area contributed by atoms with Crippen LogP contribution in [0.15, 0.2) is 18.2 Å². The summed E-state index contributed by atoms with van der Waals surface area (Å²) in [6.45, 7) is 8.08. The first kappa shape index (κ1) is 16.0. The van der Waals surface area contributed by atoms with E-state index in [4.69, 9.17) is 0 Å². The average molecular weight is 290 g/mol. The van der Waals surface area contributed by atoms with Crippen molar-refractivity contribution in [1.82, 2.24) is 5.06 Å². The van der Waals surface area contributed by atoms with E-state index in [9.17, 15) is 15.1 Å². The van der Waals surface area contributed by atoms with E-state index in [0.717, 1.165) is 24.0 Å². The average Bonchev–Trinajstić information content (AvgIpc) is 2.72. The van der Waals surface area contributed by atoms with E-state index in [1.165, 1.54) is 5.06 Å². The molecule has 4 heteroatoms. The van der Waals surface area contributed by atoms with Crippen molar-refractivity contribution in [1.29, 1.82) is 0 Å². The van der Waals surface area contributed by atoms with E-state index in [-0.39, 0.29) is 5.56 Å². The molecule has 1 aromatic rings. The van der Waals surface area contributed by atoms with Crippen molar-refractivity contribution in [2.45, 2.75) is 64.5 Å². The van der Waals surface area contributed by atoms with E-state index in [1.54, 1.807) is 12.1 Å². The number of rotatable bonds is 5. The predicted octanol–water partition coefficient (Wildman–Crippen LogP) is 4.08. The summed E-state index contributed by atoms with van der Waals surface area (Å²) in [5, 5.41) is 23.7. The number of carboxylic acids is 1. The number of carbonyl (C=O) groups is 1. The zero-order valence-electron chi connectivity index (χ0n) is 13.3. The van der Waals surface area contributed by atoms with Gasteiger partial charge in [-0.3, -0.25) is 0 Å². The number of hydrogen-bond donors (Lipinski definition) is 1. The fourth-order valence-corrected chi connectivity index (χ4v) is 3.93. The minimum atomic E-state index is -0.943. The van der Waals surface area contributed by atoms with Crippen LogP contribution in [-0.4, -0.2) is 16.1 Å². The summed E-state index contributed by atoms with van der Waals surface area (Å²) in [6.07, 6.45) is 2.83. The maximum absolute atomic E-state index is 13.2. The van der Waals surface area contributed by atoms with E-state index in [2.05, 4.69) is 0 Å². The molecule has 1 aromatic carbocycles. The number of fused-ring (bicyclic) bond motifs is 1. The van der Waals surface area contributed by atoms with Crippen molar-refractivity contribution < 1.29 is 15.1 Å². The zero-order valence-corrected chi connectivity index (χ0v) is 13.3. The molecule has 21 heavy (non-hydrogen) atoms. The molecule has 0 aromatic heterocycles. The first-order chi connectivity index (χ1) is 9.93. The van der Waals surface area contributed by atoms with Gasteiger partial charge in [0, 0.05) is 0 Å². The second-order valence-corrected chi connectivity index (χ2v) is 5.84. The summed E-state index contributed by atoms with van der Waals surface area (Å²) in [4.78, 5) is 11.3. The van der Waals surface area contributed by atoms with Crippen molar-refractivity contribution in [3.8, 4) is 0 Å². The van der Waals surface area contributed by atoms with Gasteiger partial charge in [0.25, 0.3) is 0 Å². The molecule has 2 rings (SSSR count). The standard InChI is InChI=1S/C17H24NO3/c1-5-16(6-2)13-10-9-12(15(19)20)11-14(13)17(7-3,8-4)18(16)21/h9-11H,5-8H2,1-4H3,(H,19,20). The lowest BCUT2D eigenvalue weighted by Gasteiger charge is -2.40. The molecule has 1 heterocycles. The van der Waals surface area contributed by atoms with Gasteiger partial charge >= 0.3 is 5.97 Å². The van der Waals surface area contributed by atoms with Crippen molar-refractivity contribution in [3.63, 3.8) is 0 Å². The normalized spacial score (nSPS) is 19.5. The maximum Gasteiger partial charge on any atom is 0.335 e. The fourth-order valence-electron chi connectivity index (χ4n) is 3.93. The van der Waals surface area contributed by atoms with Crippen LogP contribution >= 0.6 is 0 Å². The van der Waals surface area contributed by atoms with Crippen LogP contribution in [-0.2, 0) is 16.3 Å². The minimum Gasteiger partial charge on any atom is -0.478 e. The fraction of sp³-hybridized carbons (Fsp3) is 0.588. The Labute approximate surface area is 126 Å². The van der Waals surface area contributed by atoms with Gasteiger partial charge < -0.3 is 5.11 Å². The Morgan fingerprint density at radius 1 is 1.00 bits per heavy atom. The Hall–Kier alpha value is -1.39. The summed E-state index contributed by atoms with van der Waals surface area (Å²) >= 11 is 0. The maximum atomic E-state index is 13.2. The summed E-state index contributed by atoms with van der Waals surface area (Å²) in [7, 11) is 0. The summed E-state index contributed by atoms with van der Waals surface area (Å²) in [6, 6.07) is 5.18. The van der Waals surface area contributed by atoms with Gasteiger partial charge in [0.1, 0.15) is 0 Å². The van der Waals surface area contributed by atoms with Crippen molar-refractivity contribution >= 4 is 5.97 Å². The van der Waals surface area contributed by atoms with Crippen LogP contribution in [0.4, 0.5) is 0 Å². The second kappa shape index (κ2) is 5.43. The number of nitrogens with zero attached hydrogens (tertiary/aromatic N) is 1. The third kappa shape index (κ3) is 1.93. The highest BCUT2D eigenvalue weighted by atomic mass is 16.5. The summed E-state index contributed by atoms with van der Waals surface area (Å²) < 4.78 is 0. The van der Waals surface area contributed by atoms with Crippen LogP contribution in [0.3, 0.4) is 0 Å². The molecular weight excluding hydrogens is 266 g/mol. The lowest BCUT2D eigenvalue weighted by Crippen LogP contribution is -2.47. The van der Waals surface area contributed by atoms with Gasteiger partial charge in [0.05, 0.1) is 16.6 Å². The molecule has 115 valence electrons. The topological polar surface area (TPSA) is 60.4 Å². The third-order valence-electron chi connectivity index (χ3n) is 5.39. The molecule has 0 aliphatic carbocycles. The van der Waals surface area contributed by atoms with Crippen LogP contribution in [0.1, 0.15) is 74.9 Å². The Bertz CT molecular complexity index is 545. The number of aromatic carboxylic acids is 1. The van der Waals surface area contributed by atoms with Crippen LogP contribution in [0, 0.1) is 0 Å². The van der Waals surface area contributed by atoms with Crippen LogP contribution < -0.4 is 0 Å². The predicted molar refractivity (Wildman–Crippen MR) is 80.4 cm³/mol. The second-order valence-electron chi connectivity index (χ2n) is 5.84. The highest BCUT2D eigenvalue weighted by molar-refractivity contribution is 5.88. The lowest BCUT2D eigenvalue weighted by atomic mass is 9.82. The molecule has 0 saturated heterocycles. The molecule has 0 saturated carbocycles. The lowest BCUT2D eigenvalue weighted by molar-refractivity contribution is -0.287. The molecular formula is C17H24NO3. The quantitative estimate of drug-likeness (QED) is 0.889. The molecule has 0 atom stereocenters. The number of hydrogen-bond acceptors (Lipinski definition) is 2. The van der Waals surface area contributed by atoms with Gasteiger partial charge in [-0.25, -0.2) is 4.79 Å². The summed E-state index contributed by atoms with van der Waals surface area (Å²) in [5.41, 5.74) is 1.05. The van der Waals surface area contributed by atoms with E-state index in [0.29, 0.717) is 12.8 Å². The zero-order chi connectivity index (χ0) is 15.8. The van der Waals surface area contributed by atoms with Gasteiger partial charge in [-0.05, 0) is 48.9 Å². The van der Waals surface area contributed by atoms with Crippen LogP contribution in [0.2, 0.25) is 0 Å². The van der Waals surface area contributed by atoms with Crippen molar-refractivity contribution in [2.75, 3.05) is 0 Å². The molecule has 1 aliphatic heterocycles. The molecule has 0 spiro atoms. The largest absolute Gasteiger partial charge is 0.478 e. The Balaban J connectivity index is 2.77. The highest BCUT2D eigenvalue weighted by Crippen LogP contribution is 2.55. The van der Waals surface area contributed by atoms with Gasteiger partial charge in [0.15, 0.2) is 0 Å². The van der Waals surface area contributed by atoms with E-state index < -0.39 is 17.0 Å². The van der Waals surface area contributed by atoms with Crippen LogP contribution in [0.25, 0.3) is 0 Å². The highest BCUT2D eigenvalue weighted by Gasteiger charge is 2.56. The number of benzene rings is 1. The monoisotopic (exact) mass is 290 g/mol. The van der Waals surface area contributed by atoms with E-state index in [1.807, 2.05) is 33.8 Å². The SMILES string of the molecule is CCC1(CC)c2ccc(C(=O)O)cc2C(CC)(CC)N1[O]. The van der Waals surface area contributed by atoms with Gasteiger partial charge in [-0.15, -0.1) is 10.3 Å². The first-order valence-corrected chi connectivity index (χ1v) is 7.79. The van der Waals surface area contributed by atoms with Gasteiger partial charge in [0.2, 0.25) is 0 Å². The molecule has 0 bridgehead atoms. The smallest absolute Gasteiger partial charge is 0.335 e. The minimum absolute atomic E-state index is 0.261. The summed E-state index contributed by atoms with van der Waals surface area (Å²) in [5.74, 6) is -0.943. The number of carboxylic acid groups (broad SMARTS) is 1. The molecule has 0 amide bonds. The Morgan fingerprint density at radius 2 is 1.48 bits per heavy atom. The Morgan fingerprint density at radius 3 is 1.90 bits per heavy atom. The molecule has 4 nitrogen and oxygen atoms in total. The van der Waals surface area contributed by atoms with E-state index >= 15 is 0 Å². The van der Waals surface area contributed by atoms with Crippen LogP contribution in [0.5, 0.6) is 0 Å². The molecule has 1 radical (unpaired) electrons. The third-order valence-corrected chi connectivity index (χ3v) is 5.39. The van der Waals surface area contributed by atoms with Gasteiger partial charge in [-0.1, -0.05) is 33.8 Å². The van der Waals surface area contributed by atoms with Crippen molar-refractivity contribution in [2.24, 2.45) is 0 Å².